The number of aromatic nitrogens is 6. The van der Waals surface area contributed by atoms with Crippen molar-refractivity contribution in [3.05, 3.63) is 41.4 Å². The van der Waals surface area contributed by atoms with E-state index in [1.165, 1.54) is 0 Å². The third kappa shape index (κ3) is 5.87. The van der Waals surface area contributed by atoms with Crippen LogP contribution >= 0.6 is 0 Å². The van der Waals surface area contributed by atoms with Gasteiger partial charge in [0.1, 0.15) is 17.3 Å². The van der Waals surface area contributed by atoms with E-state index in [1.54, 1.807) is 6.07 Å². The zero-order valence-electron chi connectivity index (χ0n) is 18.3. The van der Waals surface area contributed by atoms with Gasteiger partial charge in [-0.25, -0.2) is 8.78 Å². The van der Waals surface area contributed by atoms with Crippen LogP contribution in [0.4, 0.5) is 32.4 Å². The van der Waals surface area contributed by atoms with Crippen molar-refractivity contribution in [1.29, 1.82) is 0 Å². The number of aromatic amines is 1. The Morgan fingerprint density at radius 3 is 2.67 bits per heavy atom. The molecular weight excluding hydrogens is 436 g/mol. The molecule has 1 aliphatic heterocycles. The molecule has 33 heavy (non-hydrogen) atoms. The molecule has 4 heterocycles. The number of aryl methyl sites for hydroxylation is 1. The lowest BCUT2D eigenvalue weighted by Crippen LogP contribution is -2.37. The molecule has 3 N–H and O–H groups in total. The Balaban J connectivity index is 1.65. The SMILES string of the molecule is CCOCC(Nc1nc(Nc2cc(C)[nH]n2)nc(N2CCOCC2)n1)c1ncc(F)cc1F. The molecule has 1 saturated heterocycles. The molecule has 3 aromatic rings. The Morgan fingerprint density at radius 1 is 1.18 bits per heavy atom. The topological polar surface area (TPSA) is 126 Å². The maximum absolute atomic E-state index is 14.5. The van der Waals surface area contributed by atoms with Crippen molar-refractivity contribution in [3.63, 3.8) is 0 Å². The number of anilines is 4. The number of morpholine rings is 1. The van der Waals surface area contributed by atoms with E-state index in [0.717, 1.165) is 18.0 Å². The van der Waals surface area contributed by atoms with Gasteiger partial charge in [-0.15, -0.1) is 0 Å². The summed E-state index contributed by atoms with van der Waals surface area (Å²) in [6.07, 6.45) is 0.957. The summed E-state index contributed by atoms with van der Waals surface area (Å²) in [4.78, 5) is 19.3. The van der Waals surface area contributed by atoms with Gasteiger partial charge in [0.05, 0.1) is 32.1 Å². The minimum absolute atomic E-state index is 0.00406. The van der Waals surface area contributed by atoms with Crippen LogP contribution in [0.3, 0.4) is 0 Å². The molecule has 0 saturated carbocycles. The molecule has 4 rings (SSSR count). The predicted octanol–water partition coefficient (Wildman–Crippen LogP) is 2.35. The van der Waals surface area contributed by atoms with Gasteiger partial charge >= 0.3 is 0 Å². The van der Waals surface area contributed by atoms with Gasteiger partial charge in [-0.05, 0) is 13.8 Å². The second-order valence-corrected chi connectivity index (χ2v) is 7.32. The second kappa shape index (κ2) is 10.4. The van der Waals surface area contributed by atoms with E-state index in [-0.39, 0.29) is 24.2 Å². The quantitative estimate of drug-likeness (QED) is 0.437. The van der Waals surface area contributed by atoms with Crippen LogP contribution in [0.5, 0.6) is 0 Å². The summed E-state index contributed by atoms with van der Waals surface area (Å²) in [7, 11) is 0. The van der Waals surface area contributed by atoms with Crippen molar-refractivity contribution in [2.75, 3.05) is 55.1 Å². The number of ether oxygens (including phenoxy) is 2. The lowest BCUT2D eigenvalue weighted by molar-refractivity contribution is 0.122. The molecule has 0 spiro atoms. The molecule has 1 fully saturated rings. The van der Waals surface area contributed by atoms with Crippen LogP contribution in [-0.2, 0) is 9.47 Å². The molecule has 0 aliphatic carbocycles. The minimum Gasteiger partial charge on any atom is -0.379 e. The molecule has 11 nitrogen and oxygen atoms in total. The first-order valence-electron chi connectivity index (χ1n) is 10.5. The fraction of sp³-hybridized carbons (Fsp3) is 0.450. The van der Waals surface area contributed by atoms with Gasteiger partial charge in [0.25, 0.3) is 0 Å². The first-order valence-corrected chi connectivity index (χ1v) is 10.5. The van der Waals surface area contributed by atoms with Crippen molar-refractivity contribution < 1.29 is 18.3 Å². The van der Waals surface area contributed by atoms with Crippen LogP contribution in [0.25, 0.3) is 0 Å². The normalized spacial score (nSPS) is 14.8. The van der Waals surface area contributed by atoms with Gasteiger partial charge in [-0.2, -0.15) is 20.1 Å². The summed E-state index contributed by atoms with van der Waals surface area (Å²) >= 11 is 0. The summed E-state index contributed by atoms with van der Waals surface area (Å²) in [6.45, 7) is 6.50. The van der Waals surface area contributed by atoms with E-state index in [1.807, 2.05) is 18.7 Å². The molecule has 176 valence electrons. The highest BCUT2D eigenvalue weighted by Gasteiger charge is 2.22. The largest absolute Gasteiger partial charge is 0.379 e. The van der Waals surface area contributed by atoms with Crippen molar-refractivity contribution in [2.45, 2.75) is 19.9 Å². The van der Waals surface area contributed by atoms with Crippen molar-refractivity contribution in [3.8, 4) is 0 Å². The standard InChI is InChI=1S/C20H25F2N9O2/c1-3-32-11-15(17-14(22)9-13(21)10-23-17)24-18-26-19(25-16-8-12(2)29-30-16)28-20(27-18)31-4-6-33-7-5-31/h8-10,15H,3-7,11H2,1-2H3,(H3,24,25,26,27,28,29,30). The average Bonchev–Trinajstić information content (AvgIpc) is 3.21. The van der Waals surface area contributed by atoms with E-state index in [4.69, 9.17) is 9.47 Å². The van der Waals surface area contributed by atoms with E-state index in [2.05, 4.69) is 40.8 Å². The third-order valence-electron chi connectivity index (χ3n) is 4.82. The van der Waals surface area contributed by atoms with E-state index in [0.29, 0.717) is 44.7 Å². The molecule has 0 bridgehead atoms. The smallest absolute Gasteiger partial charge is 0.235 e. The zero-order valence-corrected chi connectivity index (χ0v) is 18.3. The van der Waals surface area contributed by atoms with Crippen LogP contribution in [0.2, 0.25) is 0 Å². The van der Waals surface area contributed by atoms with Gasteiger partial charge in [-0.1, -0.05) is 0 Å². The Labute approximate surface area is 189 Å². The lowest BCUT2D eigenvalue weighted by Gasteiger charge is -2.27. The van der Waals surface area contributed by atoms with E-state index >= 15 is 0 Å². The molecule has 3 aromatic heterocycles. The maximum Gasteiger partial charge on any atom is 0.235 e. The molecule has 1 aliphatic rings. The van der Waals surface area contributed by atoms with Crippen molar-refractivity contribution in [1.82, 2.24) is 30.1 Å². The molecule has 0 amide bonds. The molecular formula is C20H25F2N9O2. The highest BCUT2D eigenvalue weighted by atomic mass is 19.1. The molecule has 0 radical (unpaired) electrons. The lowest BCUT2D eigenvalue weighted by atomic mass is 10.2. The Bertz CT molecular complexity index is 1080. The number of pyridine rings is 1. The van der Waals surface area contributed by atoms with Gasteiger partial charge in [-0.3, -0.25) is 10.1 Å². The number of nitrogens with zero attached hydrogens (tertiary/aromatic N) is 6. The molecule has 1 atom stereocenters. The molecule has 0 aromatic carbocycles. The number of hydrogen-bond acceptors (Lipinski definition) is 10. The number of H-pyrrole nitrogens is 1. The second-order valence-electron chi connectivity index (χ2n) is 7.32. The summed E-state index contributed by atoms with van der Waals surface area (Å²) in [5.41, 5.74) is 0.864. The fourth-order valence-electron chi connectivity index (χ4n) is 3.25. The monoisotopic (exact) mass is 461 g/mol. The number of rotatable bonds is 9. The number of hydrogen-bond donors (Lipinski definition) is 3. The minimum atomic E-state index is -0.792. The van der Waals surface area contributed by atoms with E-state index in [9.17, 15) is 8.78 Å². The van der Waals surface area contributed by atoms with Crippen LogP contribution in [-0.4, -0.2) is 69.7 Å². The number of nitrogens with one attached hydrogen (secondary N) is 3. The highest BCUT2D eigenvalue weighted by Crippen LogP contribution is 2.23. The van der Waals surface area contributed by atoms with Gasteiger partial charge < -0.3 is 25.0 Å². The van der Waals surface area contributed by atoms with Crippen LogP contribution in [0.15, 0.2) is 18.3 Å². The Hall–Kier alpha value is -3.45. The van der Waals surface area contributed by atoms with Gasteiger partial charge in [0.15, 0.2) is 5.82 Å². The van der Waals surface area contributed by atoms with Crippen molar-refractivity contribution in [2.24, 2.45) is 0 Å². The van der Waals surface area contributed by atoms with E-state index < -0.39 is 17.7 Å². The van der Waals surface area contributed by atoms with Gasteiger partial charge in [0, 0.05) is 37.5 Å². The average molecular weight is 461 g/mol. The summed E-state index contributed by atoms with van der Waals surface area (Å²) in [5, 5.41) is 13.1. The summed E-state index contributed by atoms with van der Waals surface area (Å²) in [6, 6.07) is 1.83. The molecule has 1 unspecified atom stereocenters. The predicted molar refractivity (Wildman–Crippen MR) is 116 cm³/mol. The van der Waals surface area contributed by atoms with Gasteiger partial charge in [0.2, 0.25) is 17.8 Å². The van der Waals surface area contributed by atoms with Crippen LogP contribution in [0, 0.1) is 18.6 Å². The highest BCUT2D eigenvalue weighted by molar-refractivity contribution is 5.52. The first-order chi connectivity index (χ1) is 16.0. The fourth-order valence-corrected chi connectivity index (χ4v) is 3.25. The first kappa shape index (κ1) is 22.7. The van der Waals surface area contributed by atoms with Crippen LogP contribution < -0.4 is 15.5 Å². The zero-order chi connectivity index (χ0) is 23.2. The Kier molecular flexibility index (Phi) is 7.19. The maximum atomic E-state index is 14.5. The Morgan fingerprint density at radius 2 is 1.97 bits per heavy atom. The molecule has 13 heteroatoms. The summed E-state index contributed by atoms with van der Waals surface area (Å²) < 4.78 is 38.8. The van der Waals surface area contributed by atoms with Crippen molar-refractivity contribution >= 4 is 23.7 Å². The van der Waals surface area contributed by atoms with Crippen LogP contribution in [0.1, 0.15) is 24.4 Å². The summed E-state index contributed by atoms with van der Waals surface area (Å²) in [5.74, 6) is -0.162. The number of halogens is 2. The third-order valence-corrected chi connectivity index (χ3v) is 4.82.